The molecule has 1 atom stereocenters. The summed E-state index contributed by atoms with van der Waals surface area (Å²) in [6, 6.07) is 15.8. The van der Waals surface area contributed by atoms with Gasteiger partial charge in [0.2, 0.25) is 0 Å². The second kappa shape index (κ2) is 11.0. The lowest BCUT2D eigenvalue weighted by atomic mass is 10.1. The molecule has 3 N–H and O–H groups in total. The highest BCUT2D eigenvalue weighted by Crippen LogP contribution is 2.35. The zero-order chi connectivity index (χ0) is 29.2. The SMILES string of the molecule is Cn1cc(-c2cc(Oc3ccc(NC(=O)NC4C(=O)Nc5ccc(Oc6ccc(F)cc6)cc54)cc3F)ccn2)cn1. The lowest BCUT2D eigenvalue weighted by Crippen LogP contribution is -2.36. The van der Waals surface area contributed by atoms with Crippen LogP contribution in [-0.2, 0) is 11.8 Å². The number of benzene rings is 3. The van der Waals surface area contributed by atoms with Crippen LogP contribution in [0.3, 0.4) is 0 Å². The van der Waals surface area contributed by atoms with Crippen LogP contribution >= 0.6 is 0 Å². The van der Waals surface area contributed by atoms with Gasteiger partial charge < -0.3 is 25.4 Å². The Hall–Kier alpha value is -5.78. The molecule has 0 saturated heterocycles. The van der Waals surface area contributed by atoms with Gasteiger partial charge in [-0.3, -0.25) is 14.5 Å². The fourth-order valence-electron chi connectivity index (χ4n) is 4.36. The first kappa shape index (κ1) is 26.4. The molecule has 1 unspecified atom stereocenters. The molecule has 1 aliphatic heterocycles. The van der Waals surface area contributed by atoms with E-state index in [2.05, 4.69) is 26.0 Å². The van der Waals surface area contributed by atoms with Gasteiger partial charge in [0, 0.05) is 54.1 Å². The number of rotatable bonds is 7. The molecule has 0 spiro atoms. The van der Waals surface area contributed by atoms with Gasteiger partial charge in [-0.15, -0.1) is 0 Å². The number of nitrogens with one attached hydrogen (secondary N) is 3. The number of ether oxygens (including phenoxy) is 2. The van der Waals surface area contributed by atoms with E-state index in [4.69, 9.17) is 9.47 Å². The normalized spacial score (nSPS) is 13.7. The molecular formula is C30H22F2N6O4. The van der Waals surface area contributed by atoms with E-state index in [0.29, 0.717) is 34.2 Å². The number of hydrogen-bond donors (Lipinski definition) is 3. The molecule has 6 rings (SSSR count). The number of aromatic nitrogens is 3. The number of urea groups is 1. The van der Waals surface area contributed by atoms with Gasteiger partial charge in [0.25, 0.3) is 5.91 Å². The van der Waals surface area contributed by atoms with Gasteiger partial charge in [-0.05, 0) is 60.7 Å². The van der Waals surface area contributed by atoms with Crippen molar-refractivity contribution in [2.45, 2.75) is 6.04 Å². The second-order valence-corrected chi connectivity index (χ2v) is 9.35. The number of nitrogens with zero attached hydrogens (tertiary/aromatic N) is 3. The van der Waals surface area contributed by atoms with Crippen molar-refractivity contribution in [2.24, 2.45) is 7.05 Å². The fourth-order valence-corrected chi connectivity index (χ4v) is 4.36. The van der Waals surface area contributed by atoms with E-state index in [-0.39, 0.29) is 11.4 Å². The van der Waals surface area contributed by atoms with Crippen LogP contribution in [0.1, 0.15) is 11.6 Å². The summed E-state index contributed by atoms with van der Waals surface area (Å²) in [6.07, 6.45) is 5.00. The van der Waals surface area contributed by atoms with Gasteiger partial charge in [0.1, 0.15) is 29.1 Å². The highest BCUT2D eigenvalue weighted by Gasteiger charge is 2.32. The third kappa shape index (κ3) is 5.72. The Bertz CT molecular complexity index is 1810. The monoisotopic (exact) mass is 568 g/mol. The molecule has 42 heavy (non-hydrogen) atoms. The number of hydrogen-bond acceptors (Lipinski definition) is 6. The van der Waals surface area contributed by atoms with Crippen LogP contribution in [0.4, 0.5) is 25.0 Å². The van der Waals surface area contributed by atoms with Crippen molar-refractivity contribution in [3.05, 3.63) is 109 Å². The molecule has 3 aromatic carbocycles. The smallest absolute Gasteiger partial charge is 0.320 e. The highest BCUT2D eigenvalue weighted by molar-refractivity contribution is 6.05. The average molecular weight is 569 g/mol. The predicted octanol–water partition coefficient (Wildman–Crippen LogP) is 6.16. The largest absolute Gasteiger partial charge is 0.457 e. The molecule has 3 amide bonds. The van der Waals surface area contributed by atoms with Gasteiger partial charge in [-0.25, -0.2) is 13.6 Å². The van der Waals surface area contributed by atoms with Crippen LogP contribution in [0.5, 0.6) is 23.0 Å². The minimum Gasteiger partial charge on any atom is -0.457 e. The minimum atomic E-state index is -1.02. The number of carbonyl (C=O) groups excluding carboxylic acids is 2. The van der Waals surface area contributed by atoms with Crippen LogP contribution in [-0.4, -0.2) is 26.7 Å². The molecule has 3 heterocycles. The highest BCUT2D eigenvalue weighted by atomic mass is 19.1. The van der Waals surface area contributed by atoms with Crippen molar-refractivity contribution in [3.63, 3.8) is 0 Å². The summed E-state index contributed by atoms with van der Waals surface area (Å²) >= 11 is 0. The molecule has 0 bridgehead atoms. The predicted molar refractivity (Wildman–Crippen MR) is 149 cm³/mol. The number of fused-ring (bicyclic) bond motifs is 1. The molecule has 0 aliphatic carbocycles. The quantitative estimate of drug-likeness (QED) is 0.216. The molecule has 1 aliphatic rings. The number of anilines is 2. The Balaban J connectivity index is 1.11. The summed E-state index contributed by atoms with van der Waals surface area (Å²) in [7, 11) is 1.79. The zero-order valence-electron chi connectivity index (χ0n) is 22.0. The van der Waals surface area contributed by atoms with Crippen LogP contribution in [0.2, 0.25) is 0 Å². The van der Waals surface area contributed by atoms with E-state index in [1.54, 1.807) is 60.7 Å². The number of pyridine rings is 1. The first-order valence-electron chi connectivity index (χ1n) is 12.7. The van der Waals surface area contributed by atoms with E-state index < -0.39 is 29.6 Å². The van der Waals surface area contributed by atoms with E-state index in [1.807, 2.05) is 0 Å². The summed E-state index contributed by atoms with van der Waals surface area (Å²) in [5.41, 5.74) is 2.53. The van der Waals surface area contributed by atoms with Crippen molar-refractivity contribution in [1.29, 1.82) is 0 Å². The Morgan fingerprint density at radius 3 is 2.50 bits per heavy atom. The zero-order valence-corrected chi connectivity index (χ0v) is 22.0. The molecular weight excluding hydrogens is 546 g/mol. The van der Waals surface area contributed by atoms with Crippen molar-refractivity contribution < 1.29 is 27.8 Å². The maximum absolute atomic E-state index is 14.9. The number of halogens is 2. The summed E-state index contributed by atoms with van der Waals surface area (Å²) in [6.45, 7) is 0. The van der Waals surface area contributed by atoms with Gasteiger partial charge in [0.05, 0.1) is 11.9 Å². The Labute approximate surface area is 237 Å². The van der Waals surface area contributed by atoms with Crippen molar-refractivity contribution in [1.82, 2.24) is 20.1 Å². The number of aryl methyl sites for hydroxylation is 1. The summed E-state index contributed by atoms with van der Waals surface area (Å²) in [4.78, 5) is 29.6. The van der Waals surface area contributed by atoms with Crippen LogP contribution in [0.15, 0.2) is 91.4 Å². The molecule has 2 aromatic heterocycles. The van der Waals surface area contributed by atoms with Crippen LogP contribution in [0.25, 0.3) is 11.3 Å². The van der Waals surface area contributed by atoms with E-state index >= 15 is 0 Å². The second-order valence-electron chi connectivity index (χ2n) is 9.35. The summed E-state index contributed by atoms with van der Waals surface area (Å²) in [5, 5.41) is 11.9. The lowest BCUT2D eigenvalue weighted by molar-refractivity contribution is -0.117. The van der Waals surface area contributed by atoms with Crippen molar-refractivity contribution in [2.75, 3.05) is 10.6 Å². The minimum absolute atomic E-state index is 0.0536. The summed E-state index contributed by atoms with van der Waals surface area (Å²) in [5.74, 6) is -0.438. The first-order valence-corrected chi connectivity index (χ1v) is 12.7. The lowest BCUT2D eigenvalue weighted by Gasteiger charge is -2.14. The maximum Gasteiger partial charge on any atom is 0.320 e. The molecule has 0 saturated carbocycles. The average Bonchev–Trinajstić information content (AvgIpc) is 3.54. The Kier molecular flexibility index (Phi) is 6.93. The van der Waals surface area contributed by atoms with E-state index in [0.717, 1.165) is 11.6 Å². The van der Waals surface area contributed by atoms with E-state index in [9.17, 15) is 18.4 Å². The van der Waals surface area contributed by atoms with Gasteiger partial charge >= 0.3 is 6.03 Å². The standard InChI is InChI=1S/C30H22F2N6O4/c1-38-16-17(15-34-38)26-14-22(10-11-33-26)42-27-9-4-19(12-24(27)32)35-30(40)37-28-23-13-21(7-8-25(23)36-29(28)39)41-20-5-2-18(31)3-6-20/h2-16,28H,1H3,(H,36,39)(H2,35,37,40). The number of carbonyl (C=O) groups is 2. The van der Waals surface area contributed by atoms with Crippen molar-refractivity contribution >= 4 is 23.3 Å². The van der Waals surface area contributed by atoms with Crippen LogP contribution in [0, 0.1) is 11.6 Å². The fraction of sp³-hybridized carbons (Fsp3) is 0.0667. The van der Waals surface area contributed by atoms with Gasteiger partial charge in [0.15, 0.2) is 11.6 Å². The molecule has 10 nitrogen and oxygen atoms in total. The first-order chi connectivity index (χ1) is 20.3. The third-order valence-corrected chi connectivity index (χ3v) is 6.33. The molecule has 0 radical (unpaired) electrons. The molecule has 12 heteroatoms. The Morgan fingerprint density at radius 2 is 1.74 bits per heavy atom. The topological polar surface area (TPSA) is 119 Å². The molecule has 5 aromatic rings. The van der Waals surface area contributed by atoms with E-state index in [1.165, 1.54) is 36.4 Å². The maximum atomic E-state index is 14.9. The Morgan fingerprint density at radius 1 is 0.952 bits per heavy atom. The summed E-state index contributed by atoms with van der Waals surface area (Å²) < 4.78 is 41.2. The van der Waals surface area contributed by atoms with Crippen LogP contribution < -0.4 is 25.4 Å². The van der Waals surface area contributed by atoms with Crippen molar-refractivity contribution in [3.8, 4) is 34.3 Å². The number of amides is 3. The molecule has 0 fully saturated rings. The third-order valence-electron chi connectivity index (χ3n) is 6.33. The molecule has 210 valence electrons. The van der Waals surface area contributed by atoms with Gasteiger partial charge in [-0.2, -0.15) is 5.10 Å². The van der Waals surface area contributed by atoms with Gasteiger partial charge in [-0.1, -0.05) is 0 Å².